The van der Waals surface area contributed by atoms with Crippen molar-refractivity contribution in [3.05, 3.63) is 34.3 Å². The van der Waals surface area contributed by atoms with Gasteiger partial charge in [0.15, 0.2) is 5.96 Å². The van der Waals surface area contributed by atoms with Crippen LogP contribution in [0.3, 0.4) is 0 Å². The Morgan fingerprint density at radius 1 is 1.42 bits per heavy atom. The van der Waals surface area contributed by atoms with Crippen molar-refractivity contribution in [1.82, 2.24) is 10.2 Å². The highest BCUT2D eigenvalue weighted by Crippen LogP contribution is 2.18. The maximum absolute atomic E-state index is 5.58. The molecule has 2 unspecified atom stereocenters. The third kappa shape index (κ3) is 7.72. The number of rotatable bonds is 8. The molecule has 1 fully saturated rings. The molecule has 1 aliphatic rings. The molecule has 1 N–H and O–H groups in total. The summed E-state index contributed by atoms with van der Waals surface area (Å²) in [6, 6.07) is 8.62. The molecule has 1 aromatic carbocycles. The van der Waals surface area contributed by atoms with Crippen LogP contribution in [-0.2, 0) is 11.2 Å². The average molecular weight is 538 g/mol. The van der Waals surface area contributed by atoms with Crippen LogP contribution in [0.1, 0.15) is 32.3 Å². The van der Waals surface area contributed by atoms with Crippen LogP contribution in [0.25, 0.3) is 0 Å². The highest BCUT2D eigenvalue weighted by Gasteiger charge is 2.25. The van der Waals surface area contributed by atoms with Crippen molar-refractivity contribution in [1.29, 1.82) is 0 Å². The summed E-state index contributed by atoms with van der Waals surface area (Å²) in [5.74, 6) is 2.27. The van der Waals surface area contributed by atoms with Crippen LogP contribution in [0, 0.1) is 11.8 Å². The summed E-state index contributed by atoms with van der Waals surface area (Å²) in [5, 5.41) is 3.60. The zero-order chi connectivity index (χ0) is 18.1. The second kappa shape index (κ2) is 12.9. The molecule has 1 aromatic rings. The molecule has 148 valence electrons. The molecule has 0 amide bonds. The van der Waals surface area contributed by atoms with E-state index in [1.165, 1.54) is 12.0 Å². The molecule has 0 bridgehead atoms. The minimum atomic E-state index is 0. The Labute approximate surface area is 184 Å². The van der Waals surface area contributed by atoms with Gasteiger partial charge in [-0.2, -0.15) is 0 Å². The van der Waals surface area contributed by atoms with E-state index < -0.39 is 0 Å². The van der Waals surface area contributed by atoms with Crippen LogP contribution in [0.2, 0.25) is 0 Å². The van der Waals surface area contributed by atoms with Crippen LogP contribution >= 0.6 is 39.9 Å². The fourth-order valence-electron chi connectivity index (χ4n) is 3.37. The molecule has 0 radical (unpaired) electrons. The van der Waals surface area contributed by atoms with Crippen molar-refractivity contribution in [3.63, 3.8) is 0 Å². The van der Waals surface area contributed by atoms with E-state index in [9.17, 15) is 0 Å². The fraction of sp³-hybridized carbons (Fsp3) is 0.650. The molecule has 0 saturated carbocycles. The van der Waals surface area contributed by atoms with Gasteiger partial charge < -0.3 is 15.0 Å². The summed E-state index contributed by atoms with van der Waals surface area (Å²) in [6.07, 6.45) is 3.44. The summed E-state index contributed by atoms with van der Waals surface area (Å²) in [7, 11) is 1.88. The third-order valence-corrected chi connectivity index (χ3v) is 5.39. The van der Waals surface area contributed by atoms with E-state index >= 15 is 0 Å². The van der Waals surface area contributed by atoms with Crippen LogP contribution in [0.15, 0.2) is 33.7 Å². The predicted octanol–water partition coefficient (Wildman–Crippen LogP) is 4.57. The number of ether oxygens (including phenoxy) is 1. The molecule has 2 rings (SSSR count). The van der Waals surface area contributed by atoms with Gasteiger partial charge in [-0.3, -0.25) is 4.99 Å². The minimum Gasteiger partial charge on any atom is -0.381 e. The fourth-order valence-corrected chi connectivity index (χ4v) is 3.82. The number of likely N-dealkylation sites (tertiary alicyclic amines) is 1. The van der Waals surface area contributed by atoms with E-state index in [2.05, 4.69) is 69.3 Å². The second-order valence-corrected chi connectivity index (χ2v) is 7.71. The molecule has 6 heteroatoms. The Bertz CT molecular complexity index is 556. The number of halogens is 2. The number of nitrogens with one attached hydrogen (secondary N) is 1. The number of guanidine groups is 1. The molecule has 0 aromatic heterocycles. The smallest absolute Gasteiger partial charge is 0.193 e. The lowest BCUT2D eigenvalue weighted by Crippen LogP contribution is -2.42. The molecular weight excluding hydrogens is 505 g/mol. The lowest BCUT2D eigenvalue weighted by Gasteiger charge is -2.24. The van der Waals surface area contributed by atoms with Crippen LogP contribution in [0.5, 0.6) is 0 Å². The first kappa shape index (κ1) is 23.7. The maximum atomic E-state index is 5.58. The molecule has 1 aliphatic heterocycles. The van der Waals surface area contributed by atoms with E-state index in [0.29, 0.717) is 11.8 Å². The van der Waals surface area contributed by atoms with Gasteiger partial charge in [0.2, 0.25) is 0 Å². The van der Waals surface area contributed by atoms with Crippen molar-refractivity contribution >= 4 is 45.9 Å². The van der Waals surface area contributed by atoms with Crippen molar-refractivity contribution in [2.75, 3.05) is 39.9 Å². The quantitative estimate of drug-likeness (QED) is 0.300. The van der Waals surface area contributed by atoms with Crippen molar-refractivity contribution in [2.45, 2.75) is 33.1 Å². The van der Waals surface area contributed by atoms with Gasteiger partial charge in [0, 0.05) is 43.7 Å². The van der Waals surface area contributed by atoms with Gasteiger partial charge in [-0.05, 0) is 43.4 Å². The van der Waals surface area contributed by atoms with Crippen molar-refractivity contribution in [3.8, 4) is 0 Å². The van der Waals surface area contributed by atoms with Crippen LogP contribution in [0.4, 0.5) is 0 Å². The number of nitrogens with zero attached hydrogens (tertiary/aromatic N) is 2. The standard InChI is InChI=1S/C20H32BrN3O.HI/c1-4-16(11-17-7-6-8-19(21)12-17)13-23-20(22-3)24-10-9-18(14-24)15-25-5-2;/h6-8,12,16,18H,4-5,9-11,13-15H2,1-3H3,(H,22,23);1H. The number of aliphatic imine (C=N–C) groups is 1. The summed E-state index contributed by atoms with van der Waals surface area (Å²) in [5.41, 5.74) is 1.39. The largest absolute Gasteiger partial charge is 0.381 e. The van der Waals surface area contributed by atoms with Gasteiger partial charge >= 0.3 is 0 Å². The lowest BCUT2D eigenvalue weighted by atomic mass is 9.97. The Hall–Kier alpha value is -0.340. The first-order valence-electron chi connectivity index (χ1n) is 9.44. The van der Waals surface area contributed by atoms with Gasteiger partial charge in [-0.15, -0.1) is 24.0 Å². The molecule has 0 aliphatic carbocycles. The number of benzene rings is 1. The number of hydrogen-bond acceptors (Lipinski definition) is 2. The molecule has 2 atom stereocenters. The average Bonchev–Trinajstić information content (AvgIpc) is 3.08. The summed E-state index contributed by atoms with van der Waals surface area (Å²) >= 11 is 3.56. The van der Waals surface area contributed by atoms with E-state index in [4.69, 9.17) is 4.74 Å². The molecule has 1 saturated heterocycles. The highest BCUT2D eigenvalue weighted by atomic mass is 127. The first-order chi connectivity index (χ1) is 12.2. The zero-order valence-electron chi connectivity index (χ0n) is 16.2. The molecule has 0 spiro atoms. The van der Waals surface area contributed by atoms with E-state index in [1.807, 2.05) is 7.05 Å². The van der Waals surface area contributed by atoms with Gasteiger partial charge in [0.1, 0.15) is 0 Å². The predicted molar refractivity (Wildman–Crippen MR) is 125 cm³/mol. The van der Waals surface area contributed by atoms with E-state index in [0.717, 1.165) is 56.1 Å². The van der Waals surface area contributed by atoms with Gasteiger partial charge in [-0.1, -0.05) is 41.4 Å². The SMILES string of the molecule is CCOCC1CCN(C(=NC)NCC(CC)Cc2cccc(Br)c2)C1.I. The second-order valence-electron chi connectivity index (χ2n) is 6.80. The highest BCUT2D eigenvalue weighted by molar-refractivity contribution is 14.0. The van der Waals surface area contributed by atoms with Gasteiger partial charge in [-0.25, -0.2) is 0 Å². The van der Waals surface area contributed by atoms with Crippen molar-refractivity contribution in [2.24, 2.45) is 16.8 Å². The normalized spacial score (nSPS) is 18.5. The molecular formula is C20H33BrIN3O. The lowest BCUT2D eigenvalue weighted by molar-refractivity contribution is 0.114. The molecule has 26 heavy (non-hydrogen) atoms. The summed E-state index contributed by atoms with van der Waals surface area (Å²) < 4.78 is 6.73. The number of hydrogen-bond donors (Lipinski definition) is 1. The summed E-state index contributed by atoms with van der Waals surface area (Å²) in [4.78, 5) is 6.87. The Morgan fingerprint density at radius 3 is 2.88 bits per heavy atom. The Kier molecular flexibility index (Phi) is 11.8. The Balaban J connectivity index is 0.00000338. The van der Waals surface area contributed by atoms with Crippen LogP contribution < -0.4 is 5.32 Å². The Morgan fingerprint density at radius 2 is 2.23 bits per heavy atom. The third-order valence-electron chi connectivity index (χ3n) is 4.89. The van der Waals surface area contributed by atoms with E-state index in [1.54, 1.807) is 0 Å². The van der Waals surface area contributed by atoms with Crippen molar-refractivity contribution < 1.29 is 4.74 Å². The van der Waals surface area contributed by atoms with Crippen LogP contribution in [-0.4, -0.2) is 50.8 Å². The minimum absolute atomic E-state index is 0. The zero-order valence-corrected chi connectivity index (χ0v) is 20.1. The molecule has 4 nitrogen and oxygen atoms in total. The topological polar surface area (TPSA) is 36.9 Å². The molecule has 1 heterocycles. The summed E-state index contributed by atoms with van der Waals surface area (Å²) in [6.45, 7) is 9.07. The van der Waals surface area contributed by atoms with E-state index in [-0.39, 0.29) is 24.0 Å². The van der Waals surface area contributed by atoms with Gasteiger partial charge in [0.05, 0.1) is 6.61 Å². The monoisotopic (exact) mass is 537 g/mol. The maximum Gasteiger partial charge on any atom is 0.193 e. The first-order valence-corrected chi connectivity index (χ1v) is 10.2. The van der Waals surface area contributed by atoms with Gasteiger partial charge in [0.25, 0.3) is 0 Å².